The number of hydrogen-bond acceptors (Lipinski definition) is 5. The fourth-order valence-electron chi connectivity index (χ4n) is 2.29. The average molecular weight is 273 g/mol. The van der Waals surface area contributed by atoms with E-state index in [0.29, 0.717) is 24.2 Å². The van der Waals surface area contributed by atoms with Gasteiger partial charge >= 0.3 is 0 Å². The number of hydrogen-bond donors (Lipinski definition) is 1. The Balaban J connectivity index is 1.79. The van der Waals surface area contributed by atoms with Gasteiger partial charge in [0, 0.05) is 6.61 Å². The summed E-state index contributed by atoms with van der Waals surface area (Å²) in [6.07, 6.45) is 2.28. The second-order valence-electron chi connectivity index (χ2n) is 5.09. The largest absolute Gasteiger partial charge is 0.370 e. The van der Waals surface area contributed by atoms with E-state index in [1.807, 2.05) is 37.3 Å². The third-order valence-electron chi connectivity index (χ3n) is 3.53. The maximum absolute atomic E-state index is 6.16. The zero-order valence-electron chi connectivity index (χ0n) is 11.5. The summed E-state index contributed by atoms with van der Waals surface area (Å²) in [4.78, 5) is 4.44. The van der Waals surface area contributed by atoms with E-state index in [1.165, 1.54) is 12.8 Å². The highest BCUT2D eigenvalue weighted by Gasteiger charge is 2.36. The van der Waals surface area contributed by atoms with Gasteiger partial charge in [0.1, 0.15) is 12.1 Å². The Hall–Kier alpha value is -1.72. The van der Waals surface area contributed by atoms with Crippen LogP contribution in [0.3, 0.4) is 0 Å². The molecule has 1 aliphatic rings. The van der Waals surface area contributed by atoms with Crippen molar-refractivity contribution in [3.63, 3.8) is 0 Å². The molecule has 2 aromatic rings. The Morgan fingerprint density at radius 2 is 2.10 bits per heavy atom. The van der Waals surface area contributed by atoms with Crippen LogP contribution in [0.5, 0.6) is 0 Å². The normalized spacial score (nSPS) is 17.9. The zero-order valence-corrected chi connectivity index (χ0v) is 11.5. The lowest BCUT2D eigenvalue weighted by molar-refractivity contribution is 0.0384. The first-order valence-corrected chi connectivity index (χ1v) is 7.05. The van der Waals surface area contributed by atoms with Crippen molar-refractivity contribution in [2.75, 3.05) is 6.61 Å². The van der Waals surface area contributed by atoms with E-state index in [0.717, 1.165) is 5.56 Å². The molecule has 5 heteroatoms. The topological polar surface area (TPSA) is 74.2 Å². The van der Waals surface area contributed by atoms with Gasteiger partial charge in [-0.25, -0.2) is 0 Å². The van der Waals surface area contributed by atoms with Crippen LogP contribution < -0.4 is 5.73 Å². The van der Waals surface area contributed by atoms with Gasteiger partial charge in [0.15, 0.2) is 0 Å². The predicted molar refractivity (Wildman–Crippen MR) is 73.9 cm³/mol. The molecule has 1 aromatic heterocycles. The molecule has 0 aliphatic heterocycles. The number of aromatic nitrogens is 2. The molecule has 1 aromatic carbocycles. The Morgan fingerprint density at radius 1 is 1.35 bits per heavy atom. The molecule has 3 rings (SSSR count). The maximum atomic E-state index is 6.16. The summed E-state index contributed by atoms with van der Waals surface area (Å²) in [5.41, 5.74) is 7.12. The van der Waals surface area contributed by atoms with Crippen molar-refractivity contribution in [3.05, 3.63) is 47.6 Å². The smallest absolute Gasteiger partial charge is 0.248 e. The number of ether oxygens (including phenoxy) is 1. The van der Waals surface area contributed by atoms with E-state index in [1.54, 1.807) is 0 Å². The molecule has 1 saturated carbocycles. The van der Waals surface area contributed by atoms with Gasteiger partial charge in [0.25, 0.3) is 0 Å². The SMILES string of the molecule is CCOC(c1noc(C(N)c2ccccc2)n1)C1CC1. The Labute approximate surface area is 118 Å². The summed E-state index contributed by atoms with van der Waals surface area (Å²) in [6.45, 7) is 2.63. The van der Waals surface area contributed by atoms with Gasteiger partial charge in [-0.15, -0.1) is 0 Å². The molecule has 1 fully saturated rings. The van der Waals surface area contributed by atoms with Crippen LogP contribution in [0.1, 0.15) is 49.2 Å². The van der Waals surface area contributed by atoms with E-state index in [-0.39, 0.29) is 12.1 Å². The second kappa shape index (κ2) is 5.73. The third kappa shape index (κ3) is 2.73. The summed E-state index contributed by atoms with van der Waals surface area (Å²) >= 11 is 0. The molecule has 0 amide bonds. The van der Waals surface area contributed by atoms with Gasteiger partial charge in [-0.3, -0.25) is 0 Å². The Morgan fingerprint density at radius 3 is 2.75 bits per heavy atom. The molecule has 0 radical (unpaired) electrons. The Kier molecular flexibility index (Phi) is 3.80. The van der Waals surface area contributed by atoms with Gasteiger partial charge in [0.05, 0.1) is 0 Å². The molecule has 106 valence electrons. The van der Waals surface area contributed by atoms with Crippen LogP contribution in [-0.4, -0.2) is 16.7 Å². The third-order valence-corrected chi connectivity index (χ3v) is 3.53. The Bertz CT molecular complexity index is 551. The minimum absolute atomic E-state index is 0.0551. The van der Waals surface area contributed by atoms with E-state index >= 15 is 0 Å². The van der Waals surface area contributed by atoms with E-state index in [4.69, 9.17) is 15.0 Å². The monoisotopic (exact) mass is 273 g/mol. The number of nitrogens with zero attached hydrogens (tertiary/aromatic N) is 2. The van der Waals surface area contributed by atoms with Gasteiger partial charge in [0.2, 0.25) is 11.7 Å². The molecule has 2 N–H and O–H groups in total. The molecule has 1 heterocycles. The fraction of sp³-hybridized carbons (Fsp3) is 0.467. The van der Waals surface area contributed by atoms with Gasteiger partial charge in [-0.05, 0) is 31.2 Å². The summed E-state index contributed by atoms with van der Waals surface area (Å²) in [6, 6.07) is 9.36. The lowest BCUT2D eigenvalue weighted by Gasteiger charge is -2.11. The van der Waals surface area contributed by atoms with Crippen molar-refractivity contribution in [3.8, 4) is 0 Å². The van der Waals surface area contributed by atoms with Crippen LogP contribution in [0.25, 0.3) is 0 Å². The van der Waals surface area contributed by atoms with Crippen LogP contribution in [-0.2, 0) is 4.74 Å². The summed E-state index contributed by atoms with van der Waals surface area (Å²) in [5.74, 6) is 1.58. The van der Waals surface area contributed by atoms with Crippen LogP contribution in [0.2, 0.25) is 0 Å². The first-order valence-electron chi connectivity index (χ1n) is 7.05. The molecule has 0 bridgehead atoms. The van der Waals surface area contributed by atoms with Crippen molar-refractivity contribution in [1.82, 2.24) is 10.1 Å². The molecule has 2 unspecified atom stereocenters. The van der Waals surface area contributed by atoms with Gasteiger partial charge in [-0.1, -0.05) is 35.5 Å². The predicted octanol–water partition coefficient (Wildman–Crippen LogP) is 2.61. The van der Waals surface area contributed by atoms with Crippen LogP contribution >= 0.6 is 0 Å². The molecule has 5 nitrogen and oxygen atoms in total. The second-order valence-corrected chi connectivity index (χ2v) is 5.09. The lowest BCUT2D eigenvalue weighted by Crippen LogP contribution is -2.13. The van der Waals surface area contributed by atoms with Crippen molar-refractivity contribution in [2.24, 2.45) is 11.7 Å². The molecular formula is C15H19N3O2. The quantitative estimate of drug-likeness (QED) is 0.875. The van der Waals surface area contributed by atoms with Crippen molar-refractivity contribution in [2.45, 2.75) is 31.9 Å². The molecule has 20 heavy (non-hydrogen) atoms. The number of benzene rings is 1. The molecule has 1 aliphatic carbocycles. The molecule has 2 atom stereocenters. The first kappa shape index (κ1) is 13.3. The van der Waals surface area contributed by atoms with Crippen LogP contribution in [0.15, 0.2) is 34.9 Å². The average Bonchev–Trinajstić information content (AvgIpc) is 3.21. The molecule has 0 saturated heterocycles. The van der Waals surface area contributed by atoms with Crippen molar-refractivity contribution < 1.29 is 9.26 Å². The minimum atomic E-state index is -0.390. The number of rotatable bonds is 6. The summed E-state index contributed by atoms with van der Waals surface area (Å²) < 4.78 is 11.0. The van der Waals surface area contributed by atoms with Crippen LogP contribution in [0.4, 0.5) is 0 Å². The summed E-state index contributed by atoms with van der Waals surface area (Å²) in [7, 11) is 0. The van der Waals surface area contributed by atoms with Crippen molar-refractivity contribution >= 4 is 0 Å². The molecular weight excluding hydrogens is 254 g/mol. The van der Waals surface area contributed by atoms with Gasteiger partial charge < -0.3 is 15.0 Å². The van der Waals surface area contributed by atoms with Gasteiger partial charge in [-0.2, -0.15) is 4.98 Å². The minimum Gasteiger partial charge on any atom is -0.370 e. The first-order chi connectivity index (χ1) is 9.79. The lowest BCUT2D eigenvalue weighted by atomic mass is 10.1. The summed E-state index contributed by atoms with van der Waals surface area (Å²) in [5, 5.41) is 4.05. The number of nitrogens with two attached hydrogens (primary N) is 1. The van der Waals surface area contributed by atoms with E-state index in [2.05, 4.69) is 10.1 Å². The molecule has 0 spiro atoms. The van der Waals surface area contributed by atoms with E-state index < -0.39 is 0 Å². The zero-order chi connectivity index (χ0) is 13.9. The highest BCUT2D eigenvalue weighted by Crippen LogP contribution is 2.42. The highest BCUT2D eigenvalue weighted by molar-refractivity contribution is 5.23. The van der Waals surface area contributed by atoms with E-state index in [9.17, 15) is 0 Å². The van der Waals surface area contributed by atoms with Crippen molar-refractivity contribution in [1.29, 1.82) is 0 Å². The standard InChI is InChI=1S/C15H19N3O2/c1-2-19-13(11-8-9-11)14-17-15(20-18-14)12(16)10-6-4-3-5-7-10/h3-7,11-13H,2,8-9,16H2,1H3. The maximum Gasteiger partial charge on any atom is 0.248 e. The van der Waals surface area contributed by atoms with Crippen LogP contribution in [0, 0.1) is 5.92 Å². The highest BCUT2D eigenvalue weighted by atomic mass is 16.5. The fourth-order valence-corrected chi connectivity index (χ4v) is 2.29.